The number of aliphatic hydroxyl groups is 1. The van der Waals surface area contributed by atoms with Crippen LogP contribution in [0.25, 0.3) is 0 Å². The summed E-state index contributed by atoms with van der Waals surface area (Å²) >= 11 is 0. The van der Waals surface area contributed by atoms with E-state index in [1.165, 1.54) is 24.3 Å². The Bertz CT molecular complexity index is 587. The van der Waals surface area contributed by atoms with E-state index in [0.29, 0.717) is 18.4 Å². The average molecular weight is 354 g/mol. The van der Waals surface area contributed by atoms with Crippen LogP contribution in [-0.4, -0.2) is 17.5 Å². The van der Waals surface area contributed by atoms with Crippen LogP contribution in [0.15, 0.2) is 48.7 Å². The Hall–Kier alpha value is -1.59. The molecule has 1 aromatic carbocycles. The zero-order valence-electron chi connectivity index (χ0n) is 11.5. The van der Waals surface area contributed by atoms with Crippen molar-refractivity contribution in [3.05, 3.63) is 65.7 Å². The molecule has 0 unspecified atom stereocenters. The van der Waals surface area contributed by atoms with Crippen LogP contribution in [-0.2, 0) is 13.0 Å². The summed E-state index contributed by atoms with van der Waals surface area (Å²) in [4.78, 5) is 12.2. The second-order valence-electron chi connectivity index (χ2n) is 4.58. The van der Waals surface area contributed by atoms with Gasteiger partial charge in [0.1, 0.15) is 5.82 Å². The van der Waals surface area contributed by atoms with Gasteiger partial charge in [-0.1, -0.05) is 6.07 Å². The minimum absolute atomic E-state index is 0. The lowest BCUT2D eigenvalue weighted by Gasteiger charge is -2.03. The maximum absolute atomic E-state index is 12.8. The molecule has 2 rings (SSSR count). The Morgan fingerprint density at radius 1 is 1.14 bits per heavy atom. The van der Waals surface area contributed by atoms with E-state index in [0.717, 1.165) is 5.69 Å². The van der Waals surface area contributed by atoms with Gasteiger partial charge < -0.3 is 22.1 Å². The highest BCUT2D eigenvalue weighted by atomic mass is 79.9. The summed E-state index contributed by atoms with van der Waals surface area (Å²) < 4.78 is 14.7. The van der Waals surface area contributed by atoms with Crippen LogP contribution in [0.4, 0.5) is 4.39 Å². The SMILES string of the molecule is O=C(C[n+]1ccccc1CCCO)c1ccc(F)cc1.[Br-]. The molecule has 1 N–H and O–H groups in total. The molecule has 3 nitrogen and oxygen atoms in total. The average Bonchev–Trinajstić information content (AvgIpc) is 2.47. The summed E-state index contributed by atoms with van der Waals surface area (Å²) in [5.41, 5.74) is 1.49. The number of halogens is 2. The zero-order valence-corrected chi connectivity index (χ0v) is 13.1. The van der Waals surface area contributed by atoms with E-state index in [4.69, 9.17) is 5.11 Å². The topological polar surface area (TPSA) is 41.2 Å². The van der Waals surface area contributed by atoms with Gasteiger partial charge in [0.15, 0.2) is 11.9 Å². The Morgan fingerprint density at radius 2 is 1.86 bits per heavy atom. The lowest BCUT2D eigenvalue weighted by Crippen LogP contribution is -3.00. The van der Waals surface area contributed by atoms with Crippen molar-refractivity contribution in [1.82, 2.24) is 0 Å². The predicted octanol–water partition coefficient (Wildman–Crippen LogP) is -1.07. The van der Waals surface area contributed by atoms with Crippen molar-refractivity contribution in [2.24, 2.45) is 0 Å². The van der Waals surface area contributed by atoms with Gasteiger partial charge in [-0.25, -0.2) is 4.39 Å². The summed E-state index contributed by atoms with van der Waals surface area (Å²) in [7, 11) is 0. The molecule has 0 spiro atoms. The molecule has 5 heteroatoms. The van der Waals surface area contributed by atoms with Crippen LogP contribution in [0.3, 0.4) is 0 Å². The van der Waals surface area contributed by atoms with Gasteiger partial charge >= 0.3 is 0 Å². The highest BCUT2D eigenvalue weighted by molar-refractivity contribution is 5.94. The van der Waals surface area contributed by atoms with Crippen molar-refractivity contribution in [2.45, 2.75) is 19.4 Å². The van der Waals surface area contributed by atoms with Gasteiger partial charge in [0.05, 0.1) is 0 Å². The fourth-order valence-electron chi connectivity index (χ4n) is 2.03. The lowest BCUT2D eigenvalue weighted by molar-refractivity contribution is -0.690. The number of aromatic nitrogens is 1. The molecular weight excluding hydrogens is 337 g/mol. The summed E-state index contributed by atoms with van der Waals surface area (Å²) in [6.07, 6.45) is 3.22. The van der Waals surface area contributed by atoms with Gasteiger partial charge in [0.2, 0.25) is 12.3 Å². The van der Waals surface area contributed by atoms with E-state index in [1.807, 2.05) is 29.0 Å². The van der Waals surface area contributed by atoms with E-state index in [-0.39, 0.29) is 41.7 Å². The number of pyridine rings is 1. The Labute approximate surface area is 133 Å². The molecule has 112 valence electrons. The first-order valence-electron chi connectivity index (χ1n) is 6.57. The summed E-state index contributed by atoms with van der Waals surface area (Å²) in [6.45, 7) is 0.341. The standard InChI is InChI=1S/C16H17FNO2.BrH/c17-14-8-6-13(7-9-14)16(20)12-18-10-2-1-4-15(18)5-3-11-19;/h1-2,4,6-10,19H,3,5,11-12H2;1H/q+1;/p-1. The van der Waals surface area contributed by atoms with Crippen LogP contribution in [0, 0.1) is 5.82 Å². The molecule has 1 aromatic heterocycles. The normalized spacial score (nSPS) is 10.0. The minimum Gasteiger partial charge on any atom is -1.00 e. The van der Waals surface area contributed by atoms with Crippen molar-refractivity contribution in [1.29, 1.82) is 0 Å². The van der Waals surface area contributed by atoms with Crippen LogP contribution < -0.4 is 21.5 Å². The highest BCUT2D eigenvalue weighted by Gasteiger charge is 2.15. The molecule has 0 amide bonds. The van der Waals surface area contributed by atoms with Crippen LogP contribution in [0.5, 0.6) is 0 Å². The maximum Gasteiger partial charge on any atom is 0.227 e. The van der Waals surface area contributed by atoms with Gasteiger partial charge in [0, 0.05) is 30.7 Å². The van der Waals surface area contributed by atoms with Gasteiger partial charge in [0.25, 0.3) is 0 Å². The molecular formula is C16H17BrFNO2. The van der Waals surface area contributed by atoms with E-state index in [1.54, 1.807) is 0 Å². The molecule has 0 saturated carbocycles. The van der Waals surface area contributed by atoms with Gasteiger partial charge in [-0.05, 0) is 30.7 Å². The fraction of sp³-hybridized carbons (Fsp3) is 0.250. The smallest absolute Gasteiger partial charge is 0.227 e. The number of carbonyl (C=O) groups excluding carboxylic acids is 1. The third kappa shape index (κ3) is 5.02. The van der Waals surface area contributed by atoms with Crippen molar-refractivity contribution >= 4 is 5.78 Å². The number of rotatable bonds is 6. The molecule has 0 aliphatic rings. The molecule has 0 saturated heterocycles. The predicted molar refractivity (Wildman–Crippen MR) is 72.8 cm³/mol. The van der Waals surface area contributed by atoms with Crippen LogP contribution in [0.2, 0.25) is 0 Å². The lowest BCUT2D eigenvalue weighted by atomic mass is 10.1. The number of hydrogen-bond acceptors (Lipinski definition) is 2. The molecule has 0 bridgehead atoms. The molecule has 1 heterocycles. The molecule has 0 atom stereocenters. The van der Waals surface area contributed by atoms with E-state index < -0.39 is 0 Å². The Morgan fingerprint density at radius 3 is 2.52 bits per heavy atom. The van der Waals surface area contributed by atoms with Gasteiger partial charge in [-0.3, -0.25) is 4.79 Å². The summed E-state index contributed by atoms with van der Waals surface area (Å²) in [5, 5.41) is 8.89. The van der Waals surface area contributed by atoms with Gasteiger partial charge in [-0.15, -0.1) is 0 Å². The first kappa shape index (κ1) is 17.5. The number of aliphatic hydroxyl groups excluding tert-OH is 1. The summed E-state index contributed by atoms with van der Waals surface area (Å²) in [6, 6.07) is 11.3. The highest BCUT2D eigenvalue weighted by Crippen LogP contribution is 2.04. The van der Waals surface area contributed by atoms with Gasteiger partial charge in [-0.2, -0.15) is 4.57 Å². The van der Waals surface area contributed by atoms with E-state index in [9.17, 15) is 9.18 Å². The molecule has 0 fully saturated rings. The fourth-order valence-corrected chi connectivity index (χ4v) is 2.03. The van der Waals surface area contributed by atoms with E-state index in [2.05, 4.69) is 0 Å². The largest absolute Gasteiger partial charge is 1.00 e. The number of Topliss-reactive ketones (excluding diaryl/α,β-unsaturated/α-hetero) is 1. The van der Waals surface area contributed by atoms with Crippen molar-refractivity contribution in [3.63, 3.8) is 0 Å². The Kier molecular flexibility index (Phi) is 7.19. The van der Waals surface area contributed by atoms with Crippen molar-refractivity contribution in [3.8, 4) is 0 Å². The maximum atomic E-state index is 12.8. The number of aryl methyl sites for hydroxylation is 1. The van der Waals surface area contributed by atoms with Crippen LogP contribution in [0.1, 0.15) is 22.5 Å². The second-order valence-corrected chi connectivity index (χ2v) is 4.58. The quantitative estimate of drug-likeness (QED) is 0.530. The monoisotopic (exact) mass is 353 g/mol. The van der Waals surface area contributed by atoms with Crippen molar-refractivity contribution < 1.29 is 35.8 Å². The number of hydrogen-bond donors (Lipinski definition) is 1. The molecule has 21 heavy (non-hydrogen) atoms. The molecule has 0 aliphatic carbocycles. The first-order valence-corrected chi connectivity index (χ1v) is 6.57. The zero-order chi connectivity index (χ0) is 14.4. The Balaban J connectivity index is 0.00000220. The number of carbonyl (C=O) groups is 1. The minimum atomic E-state index is -0.349. The number of ketones is 1. The number of benzene rings is 1. The number of nitrogens with zero attached hydrogens (tertiary/aromatic N) is 1. The van der Waals surface area contributed by atoms with Crippen LogP contribution >= 0.6 is 0 Å². The third-order valence-electron chi connectivity index (χ3n) is 3.11. The first-order chi connectivity index (χ1) is 9.70. The second kappa shape index (κ2) is 8.64. The molecule has 0 aliphatic heterocycles. The van der Waals surface area contributed by atoms with Crippen molar-refractivity contribution in [2.75, 3.05) is 6.61 Å². The van der Waals surface area contributed by atoms with E-state index >= 15 is 0 Å². The molecule has 0 radical (unpaired) electrons. The summed E-state index contributed by atoms with van der Waals surface area (Å²) in [5.74, 6) is -0.413. The molecule has 2 aromatic rings. The third-order valence-corrected chi connectivity index (χ3v) is 3.11.